The SMILES string of the molecule is CCCc1nc2ccccc2n1CC1(CS)CCOCC1. The van der Waals surface area contributed by atoms with E-state index in [-0.39, 0.29) is 5.41 Å². The van der Waals surface area contributed by atoms with Crippen LogP contribution in [0.5, 0.6) is 0 Å². The minimum absolute atomic E-state index is 0.243. The van der Waals surface area contributed by atoms with Gasteiger partial charge in [-0.05, 0) is 37.1 Å². The number of imidazole rings is 1. The van der Waals surface area contributed by atoms with Gasteiger partial charge in [-0.1, -0.05) is 19.1 Å². The van der Waals surface area contributed by atoms with Crippen LogP contribution in [0.2, 0.25) is 0 Å². The molecule has 2 heterocycles. The molecule has 1 aliphatic heterocycles. The van der Waals surface area contributed by atoms with Gasteiger partial charge in [-0.15, -0.1) is 0 Å². The third-order valence-corrected chi connectivity index (χ3v) is 5.26. The molecular weight excluding hydrogens is 280 g/mol. The van der Waals surface area contributed by atoms with Gasteiger partial charge in [0.1, 0.15) is 5.82 Å². The topological polar surface area (TPSA) is 27.1 Å². The first kappa shape index (κ1) is 14.9. The Morgan fingerprint density at radius 2 is 2.05 bits per heavy atom. The van der Waals surface area contributed by atoms with Gasteiger partial charge in [-0.25, -0.2) is 4.98 Å². The van der Waals surface area contributed by atoms with Crippen LogP contribution in [-0.2, 0) is 17.7 Å². The monoisotopic (exact) mass is 304 g/mol. The summed E-state index contributed by atoms with van der Waals surface area (Å²) in [4.78, 5) is 4.84. The molecule has 0 bridgehead atoms. The summed E-state index contributed by atoms with van der Waals surface area (Å²) in [6, 6.07) is 8.47. The molecule has 1 aromatic carbocycles. The van der Waals surface area contributed by atoms with E-state index in [1.807, 2.05) is 0 Å². The summed E-state index contributed by atoms with van der Waals surface area (Å²) in [6.45, 7) is 4.94. The molecule has 0 aliphatic carbocycles. The summed E-state index contributed by atoms with van der Waals surface area (Å²) in [6.07, 6.45) is 4.34. The molecular formula is C17H24N2OS. The van der Waals surface area contributed by atoms with Crippen molar-refractivity contribution in [1.82, 2.24) is 9.55 Å². The summed E-state index contributed by atoms with van der Waals surface area (Å²) in [5.41, 5.74) is 2.61. The number of aryl methyl sites for hydroxylation is 1. The molecule has 2 aromatic rings. The molecule has 0 N–H and O–H groups in total. The summed E-state index contributed by atoms with van der Waals surface area (Å²) < 4.78 is 7.98. The lowest BCUT2D eigenvalue weighted by Crippen LogP contribution is -2.36. The van der Waals surface area contributed by atoms with Crippen LogP contribution >= 0.6 is 12.6 Å². The highest BCUT2D eigenvalue weighted by atomic mass is 32.1. The molecule has 1 saturated heterocycles. The van der Waals surface area contributed by atoms with Crippen molar-refractivity contribution in [2.45, 2.75) is 39.2 Å². The molecule has 21 heavy (non-hydrogen) atoms. The number of para-hydroxylation sites is 2. The van der Waals surface area contributed by atoms with Gasteiger partial charge in [0.2, 0.25) is 0 Å². The summed E-state index contributed by atoms with van der Waals surface area (Å²) >= 11 is 4.65. The number of rotatable bonds is 5. The highest BCUT2D eigenvalue weighted by Gasteiger charge is 2.32. The first-order valence-corrected chi connectivity index (χ1v) is 8.54. The zero-order valence-electron chi connectivity index (χ0n) is 12.7. The number of ether oxygens (including phenoxy) is 1. The molecule has 0 radical (unpaired) electrons. The Bertz CT molecular complexity index is 602. The Balaban J connectivity index is 1.99. The summed E-state index contributed by atoms with van der Waals surface area (Å²) in [5, 5.41) is 0. The van der Waals surface area contributed by atoms with Crippen LogP contribution in [0.25, 0.3) is 11.0 Å². The summed E-state index contributed by atoms with van der Waals surface area (Å²) in [7, 11) is 0. The van der Waals surface area contributed by atoms with Crippen molar-refractivity contribution >= 4 is 23.7 Å². The highest BCUT2D eigenvalue weighted by Crippen LogP contribution is 2.35. The number of hydrogen-bond acceptors (Lipinski definition) is 3. The first-order chi connectivity index (χ1) is 10.3. The maximum Gasteiger partial charge on any atom is 0.109 e. The zero-order valence-corrected chi connectivity index (χ0v) is 13.6. The molecule has 1 aromatic heterocycles. The van der Waals surface area contributed by atoms with Gasteiger partial charge in [0.15, 0.2) is 0 Å². The third-order valence-electron chi connectivity index (χ3n) is 4.59. The van der Waals surface area contributed by atoms with Crippen LogP contribution < -0.4 is 0 Å². The minimum Gasteiger partial charge on any atom is -0.381 e. The van der Waals surface area contributed by atoms with Crippen molar-refractivity contribution in [2.24, 2.45) is 5.41 Å². The van der Waals surface area contributed by atoms with Crippen molar-refractivity contribution in [3.05, 3.63) is 30.1 Å². The molecule has 1 aliphatic rings. The smallest absolute Gasteiger partial charge is 0.109 e. The van der Waals surface area contributed by atoms with Gasteiger partial charge in [0, 0.05) is 31.6 Å². The van der Waals surface area contributed by atoms with Gasteiger partial charge in [0.25, 0.3) is 0 Å². The molecule has 114 valence electrons. The summed E-state index contributed by atoms with van der Waals surface area (Å²) in [5.74, 6) is 2.13. The number of nitrogens with zero attached hydrogens (tertiary/aromatic N) is 2. The lowest BCUT2D eigenvalue weighted by atomic mass is 9.82. The van der Waals surface area contributed by atoms with E-state index in [9.17, 15) is 0 Å². The number of thiol groups is 1. The van der Waals surface area contributed by atoms with Crippen molar-refractivity contribution in [2.75, 3.05) is 19.0 Å². The van der Waals surface area contributed by atoms with Crippen LogP contribution in [0.3, 0.4) is 0 Å². The molecule has 0 atom stereocenters. The molecule has 0 amide bonds. The van der Waals surface area contributed by atoms with Gasteiger partial charge in [-0.3, -0.25) is 0 Å². The standard InChI is InChI=1S/C17H24N2OS/c1-2-5-16-18-14-6-3-4-7-15(14)19(16)12-17(13-21)8-10-20-11-9-17/h3-4,6-7,21H,2,5,8-13H2,1H3. The Labute approximate surface area is 132 Å². The van der Waals surface area contributed by atoms with Gasteiger partial charge >= 0.3 is 0 Å². The highest BCUT2D eigenvalue weighted by molar-refractivity contribution is 7.80. The first-order valence-electron chi connectivity index (χ1n) is 7.91. The van der Waals surface area contributed by atoms with Crippen LogP contribution in [-0.4, -0.2) is 28.5 Å². The average Bonchev–Trinajstić information content (AvgIpc) is 2.86. The lowest BCUT2D eigenvalue weighted by molar-refractivity contribution is 0.0183. The maximum atomic E-state index is 5.55. The Kier molecular flexibility index (Phi) is 4.55. The maximum absolute atomic E-state index is 5.55. The molecule has 1 fully saturated rings. The van der Waals surface area contributed by atoms with Crippen LogP contribution in [0.15, 0.2) is 24.3 Å². The second-order valence-electron chi connectivity index (χ2n) is 6.12. The Morgan fingerprint density at radius 1 is 1.29 bits per heavy atom. The van der Waals surface area contributed by atoms with E-state index < -0.39 is 0 Å². The molecule has 4 heteroatoms. The minimum atomic E-state index is 0.243. The number of aromatic nitrogens is 2. The second kappa shape index (κ2) is 6.41. The van der Waals surface area contributed by atoms with Crippen LogP contribution in [0, 0.1) is 5.41 Å². The normalized spacial score (nSPS) is 18.2. The van der Waals surface area contributed by atoms with Crippen molar-refractivity contribution in [3.63, 3.8) is 0 Å². The van der Waals surface area contributed by atoms with E-state index in [2.05, 4.69) is 48.4 Å². The second-order valence-corrected chi connectivity index (χ2v) is 6.44. The Morgan fingerprint density at radius 3 is 2.76 bits per heavy atom. The predicted molar refractivity (Wildman–Crippen MR) is 90.1 cm³/mol. The van der Waals surface area contributed by atoms with E-state index in [1.54, 1.807) is 0 Å². The molecule has 3 nitrogen and oxygen atoms in total. The van der Waals surface area contributed by atoms with Gasteiger partial charge < -0.3 is 9.30 Å². The van der Waals surface area contributed by atoms with Crippen molar-refractivity contribution in [3.8, 4) is 0 Å². The van der Waals surface area contributed by atoms with Crippen molar-refractivity contribution < 1.29 is 4.74 Å². The molecule has 0 spiro atoms. The van der Waals surface area contributed by atoms with Gasteiger partial charge in [0.05, 0.1) is 11.0 Å². The van der Waals surface area contributed by atoms with E-state index in [0.717, 1.165) is 56.7 Å². The molecule has 0 unspecified atom stereocenters. The largest absolute Gasteiger partial charge is 0.381 e. The number of hydrogen-bond donors (Lipinski definition) is 1. The zero-order chi connectivity index (χ0) is 14.7. The fourth-order valence-corrected chi connectivity index (χ4v) is 3.64. The number of benzene rings is 1. The van der Waals surface area contributed by atoms with Crippen LogP contribution in [0.1, 0.15) is 32.0 Å². The van der Waals surface area contributed by atoms with E-state index in [1.165, 1.54) is 11.3 Å². The lowest BCUT2D eigenvalue weighted by Gasteiger charge is -2.36. The van der Waals surface area contributed by atoms with E-state index in [4.69, 9.17) is 9.72 Å². The Hall–Kier alpha value is -1.00. The number of fused-ring (bicyclic) bond motifs is 1. The van der Waals surface area contributed by atoms with Crippen LogP contribution in [0.4, 0.5) is 0 Å². The molecule has 3 rings (SSSR count). The fourth-order valence-electron chi connectivity index (χ4n) is 3.22. The fraction of sp³-hybridized carbons (Fsp3) is 0.588. The van der Waals surface area contributed by atoms with E-state index in [0.29, 0.717) is 0 Å². The average molecular weight is 304 g/mol. The van der Waals surface area contributed by atoms with E-state index >= 15 is 0 Å². The van der Waals surface area contributed by atoms with Crippen molar-refractivity contribution in [1.29, 1.82) is 0 Å². The molecule has 0 saturated carbocycles. The quantitative estimate of drug-likeness (QED) is 0.853. The predicted octanol–water partition coefficient (Wildman–Crippen LogP) is 3.72. The van der Waals surface area contributed by atoms with Gasteiger partial charge in [-0.2, -0.15) is 12.6 Å². The third kappa shape index (κ3) is 2.97.